The Labute approximate surface area is 348 Å². The maximum Gasteiger partial charge on any atom is 0.416 e. The molecule has 1 aliphatic heterocycles. The minimum Gasteiger partial charge on any atom is -0.488 e. The van der Waals surface area contributed by atoms with Crippen molar-refractivity contribution in [3.8, 4) is 5.75 Å². The number of alkyl halides is 6. The maximum absolute atomic E-state index is 14.6. The van der Waals surface area contributed by atoms with Crippen LogP contribution in [0.15, 0.2) is 114 Å². The van der Waals surface area contributed by atoms with Crippen molar-refractivity contribution in [1.29, 1.82) is 0 Å². The third kappa shape index (κ3) is 10.2. The third-order valence-electron chi connectivity index (χ3n) is 10.7. The lowest BCUT2D eigenvalue weighted by atomic mass is 9.87. The van der Waals surface area contributed by atoms with E-state index >= 15 is 0 Å². The highest BCUT2D eigenvalue weighted by molar-refractivity contribution is 7.89. The molecule has 1 atom stereocenters. The number of anilines is 1. The second-order valence-corrected chi connectivity index (χ2v) is 16.8. The lowest BCUT2D eigenvalue weighted by molar-refractivity contribution is -0.143. The SMILES string of the molecule is O=C(OCc1ccccc1)c1ccc(N(Cc2cnc(C3CCCCC3)cn2)C(=O)[C@H]2CCN2S(=O)(=O)c2cc(C(F)(F)F)cc(C(F)(F)F)c2)cc1OCc1ccccc1. The van der Waals surface area contributed by atoms with Crippen LogP contribution in [0.4, 0.5) is 32.0 Å². The number of halogens is 6. The molecule has 2 aliphatic rings. The van der Waals surface area contributed by atoms with E-state index in [0.717, 1.165) is 48.9 Å². The van der Waals surface area contributed by atoms with Crippen LogP contribution < -0.4 is 9.64 Å². The standard InChI is InChI=1S/C44H40F6N4O6S/c45-43(46,47)32-20-33(44(48,49)50)22-36(21-32)61(57,58)54-19-18-39(54)41(55)53(26-34-24-52-38(25-51-34)31-14-8-3-9-15-31)35-16-17-37(42(56)60-28-30-12-6-2-7-13-30)40(23-35)59-27-29-10-4-1-5-11-29/h1-2,4-7,10-13,16-17,20-25,31,39H,3,8-9,14-15,18-19,26-28H2/t39-/m1/s1. The van der Waals surface area contributed by atoms with Crippen LogP contribution in [-0.4, -0.2) is 47.2 Å². The van der Waals surface area contributed by atoms with Crippen LogP contribution in [0.25, 0.3) is 0 Å². The van der Waals surface area contributed by atoms with Crippen LogP contribution in [0.2, 0.25) is 0 Å². The van der Waals surface area contributed by atoms with Crippen molar-refractivity contribution in [3.05, 3.63) is 149 Å². The average molecular weight is 867 g/mol. The van der Waals surface area contributed by atoms with Gasteiger partial charge in [-0.3, -0.25) is 14.8 Å². The minimum atomic E-state index is -5.31. The van der Waals surface area contributed by atoms with Gasteiger partial charge < -0.3 is 14.4 Å². The Hall–Kier alpha value is -5.81. The zero-order valence-electron chi connectivity index (χ0n) is 32.5. The molecule has 1 amide bonds. The summed E-state index contributed by atoms with van der Waals surface area (Å²) in [4.78, 5) is 37.3. The number of rotatable bonds is 13. The van der Waals surface area contributed by atoms with E-state index in [1.807, 2.05) is 12.1 Å². The van der Waals surface area contributed by atoms with Gasteiger partial charge in [-0.05, 0) is 60.7 Å². The van der Waals surface area contributed by atoms with E-state index in [9.17, 15) is 44.3 Å². The highest BCUT2D eigenvalue weighted by Gasteiger charge is 2.47. The number of carbonyl (C=O) groups is 2. The summed E-state index contributed by atoms with van der Waals surface area (Å²) in [5.41, 5.74) is -0.939. The van der Waals surface area contributed by atoms with Gasteiger partial charge in [0.25, 0.3) is 0 Å². The number of nitrogens with zero attached hydrogens (tertiary/aromatic N) is 4. The lowest BCUT2D eigenvalue weighted by Crippen LogP contribution is -2.59. The molecule has 4 aromatic carbocycles. The molecule has 61 heavy (non-hydrogen) atoms. The zero-order valence-corrected chi connectivity index (χ0v) is 33.3. The van der Waals surface area contributed by atoms with E-state index < -0.39 is 56.3 Å². The first kappa shape index (κ1) is 43.3. The number of hydrogen-bond acceptors (Lipinski definition) is 8. The molecular formula is C44H40F6N4O6S. The highest BCUT2D eigenvalue weighted by atomic mass is 32.2. The predicted molar refractivity (Wildman–Crippen MR) is 211 cm³/mol. The molecule has 1 saturated carbocycles. The Kier molecular flexibility index (Phi) is 12.8. The van der Waals surface area contributed by atoms with Gasteiger partial charge in [0.2, 0.25) is 15.9 Å². The fraction of sp³-hybridized carbons (Fsp3) is 0.318. The number of benzene rings is 4. The van der Waals surface area contributed by atoms with E-state index in [1.165, 1.54) is 29.3 Å². The molecule has 2 heterocycles. The van der Waals surface area contributed by atoms with Crippen LogP contribution in [0.3, 0.4) is 0 Å². The van der Waals surface area contributed by atoms with Gasteiger partial charge in [-0.25, -0.2) is 13.2 Å². The third-order valence-corrected chi connectivity index (χ3v) is 12.6. The van der Waals surface area contributed by atoms with Crippen molar-refractivity contribution in [2.45, 2.75) is 87.5 Å². The summed E-state index contributed by atoms with van der Waals surface area (Å²) in [5.74, 6) is -1.37. The molecule has 5 aromatic rings. The van der Waals surface area contributed by atoms with E-state index in [0.29, 0.717) is 10.00 Å². The molecular weight excluding hydrogens is 827 g/mol. The van der Waals surface area contributed by atoms with E-state index in [2.05, 4.69) is 9.97 Å². The molecule has 0 radical (unpaired) electrons. The number of sulfonamides is 1. The van der Waals surface area contributed by atoms with Gasteiger partial charge in [-0.15, -0.1) is 0 Å². The summed E-state index contributed by atoms with van der Waals surface area (Å²) in [6.45, 7) is -0.699. The Morgan fingerprint density at radius 3 is 1.92 bits per heavy atom. The van der Waals surface area contributed by atoms with Crippen LogP contribution in [-0.2, 0) is 51.7 Å². The van der Waals surface area contributed by atoms with Crippen molar-refractivity contribution < 1.29 is 53.8 Å². The number of ether oxygens (including phenoxy) is 2. The first-order chi connectivity index (χ1) is 29.1. The lowest BCUT2D eigenvalue weighted by Gasteiger charge is -2.41. The van der Waals surface area contributed by atoms with E-state index in [-0.39, 0.29) is 73.8 Å². The first-order valence-corrected chi connectivity index (χ1v) is 21.0. The Balaban J connectivity index is 1.24. The molecule has 0 bridgehead atoms. The van der Waals surface area contributed by atoms with Gasteiger partial charge in [-0.2, -0.15) is 30.6 Å². The fourth-order valence-corrected chi connectivity index (χ4v) is 9.00. The molecule has 1 aromatic heterocycles. The topological polar surface area (TPSA) is 119 Å². The summed E-state index contributed by atoms with van der Waals surface area (Å²) in [7, 11) is -5.09. The van der Waals surface area contributed by atoms with Crippen molar-refractivity contribution in [2.75, 3.05) is 11.4 Å². The fourth-order valence-electron chi connectivity index (χ4n) is 7.31. The summed E-state index contributed by atoms with van der Waals surface area (Å²) in [6.07, 6.45) is -2.44. The predicted octanol–water partition coefficient (Wildman–Crippen LogP) is 9.49. The molecule has 320 valence electrons. The first-order valence-electron chi connectivity index (χ1n) is 19.5. The molecule has 2 fully saturated rings. The van der Waals surface area contributed by atoms with Crippen molar-refractivity contribution >= 4 is 27.6 Å². The normalized spacial score (nSPS) is 16.4. The smallest absolute Gasteiger partial charge is 0.416 e. The Morgan fingerprint density at radius 2 is 1.36 bits per heavy atom. The number of aromatic nitrogens is 2. The van der Waals surface area contributed by atoms with Gasteiger partial charge in [-0.1, -0.05) is 79.9 Å². The molecule has 10 nitrogen and oxygen atoms in total. The van der Waals surface area contributed by atoms with Crippen LogP contribution in [0.5, 0.6) is 5.75 Å². The van der Waals surface area contributed by atoms with Crippen molar-refractivity contribution in [2.24, 2.45) is 0 Å². The quantitative estimate of drug-likeness (QED) is 0.0849. The largest absolute Gasteiger partial charge is 0.488 e. The molecule has 0 unspecified atom stereocenters. The average Bonchev–Trinajstić information content (AvgIpc) is 3.24. The Morgan fingerprint density at radius 1 is 0.738 bits per heavy atom. The van der Waals surface area contributed by atoms with Gasteiger partial charge in [0.15, 0.2) is 0 Å². The van der Waals surface area contributed by atoms with Gasteiger partial charge in [0.1, 0.15) is 30.6 Å². The summed E-state index contributed by atoms with van der Waals surface area (Å²) < 4.78 is 123. The van der Waals surface area contributed by atoms with Crippen LogP contribution >= 0.6 is 0 Å². The summed E-state index contributed by atoms with van der Waals surface area (Å²) in [5, 5.41) is 0. The number of amides is 1. The van der Waals surface area contributed by atoms with Gasteiger partial charge >= 0.3 is 18.3 Å². The van der Waals surface area contributed by atoms with E-state index in [4.69, 9.17) is 9.47 Å². The Bertz CT molecular complexity index is 2420. The van der Waals surface area contributed by atoms with Crippen LogP contribution in [0.1, 0.15) is 88.4 Å². The molecule has 1 saturated heterocycles. The highest BCUT2D eigenvalue weighted by Crippen LogP contribution is 2.40. The van der Waals surface area contributed by atoms with Gasteiger partial charge in [0.05, 0.1) is 40.2 Å². The second kappa shape index (κ2) is 18.0. The summed E-state index contributed by atoms with van der Waals surface area (Å²) >= 11 is 0. The van der Waals surface area contributed by atoms with Crippen molar-refractivity contribution in [3.63, 3.8) is 0 Å². The molecule has 1 aliphatic carbocycles. The molecule has 0 spiro atoms. The number of esters is 1. The molecule has 17 heteroatoms. The van der Waals surface area contributed by atoms with Crippen molar-refractivity contribution in [1.82, 2.24) is 14.3 Å². The second-order valence-electron chi connectivity index (χ2n) is 14.9. The number of carbonyl (C=O) groups excluding carboxylic acids is 2. The number of hydrogen-bond donors (Lipinski definition) is 0. The minimum absolute atomic E-state index is 0.00312. The maximum atomic E-state index is 14.6. The monoisotopic (exact) mass is 866 g/mol. The zero-order chi connectivity index (χ0) is 43.4. The van der Waals surface area contributed by atoms with Gasteiger partial charge in [0, 0.05) is 30.4 Å². The molecule has 0 N–H and O–H groups in total. The summed E-state index contributed by atoms with van der Waals surface area (Å²) in [6, 6.07) is 20.7. The van der Waals surface area contributed by atoms with E-state index in [1.54, 1.807) is 54.7 Å². The molecule has 7 rings (SSSR count). The van der Waals surface area contributed by atoms with Crippen LogP contribution in [0, 0.1) is 0 Å².